The molecule has 0 aromatic heterocycles. The summed E-state index contributed by atoms with van der Waals surface area (Å²) >= 11 is 0. The van der Waals surface area contributed by atoms with E-state index in [1.54, 1.807) is 17.0 Å². The highest BCUT2D eigenvalue weighted by Gasteiger charge is 2.40. The van der Waals surface area contributed by atoms with Crippen molar-refractivity contribution in [3.63, 3.8) is 0 Å². The molecule has 0 spiro atoms. The maximum atomic E-state index is 13.1. The van der Waals surface area contributed by atoms with Gasteiger partial charge >= 0.3 is 6.03 Å². The van der Waals surface area contributed by atoms with Crippen molar-refractivity contribution in [2.24, 2.45) is 5.92 Å². The molecule has 2 aromatic carbocycles. The van der Waals surface area contributed by atoms with Gasteiger partial charge in [-0.1, -0.05) is 42.5 Å². The van der Waals surface area contributed by atoms with E-state index in [0.29, 0.717) is 19.6 Å². The molecule has 29 heavy (non-hydrogen) atoms. The Kier molecular flexibility index (Phi) is 6.20. The van der Waals surface area contributed by atoms with Crippen LogP contribution >= 0.6 is 0 Å². The van der Waals surface area contributed by atoms with Gasteiger partial charge in [-0.3, -0.25) is 4.79 Å². The molecule has 3 amide bonds. The van der Waals surface area contributed by atoms with Gasteiger partial charge in [-0.05, 0) is 44.0 Å². The quantitative estimate of drug-likeness (QED) is 0.827. The molecular formula is C23H28FN3O2. The number of carbonyl (C=O) groups is 2. The highest BCUT2D eigenvalue weighted by molar-refractivity contribution is 5.83. The fourth-order valence-electron chi connectivity index (χ4n) is 3.60. The first-order valence-corrected chi connectivity index (χ1v) is 9.87. The predicted molar refractivity (Wildman–Crippen MR) is 111 cm³/mol. The van der Waals surface area contributed by atoms with Crippen molar-refractivity contribution in [3.05, 3.63) is 71.5 Å². The van der Waals surface area contributed by atoms with E-state index in [0.717, 1.165) is 11.1 Å². The topological polar surface area (TPSA) is 61.4 Å². The van der Waals surface area contributed by atoms with Gasteiger partial charge in [-0.25, -0.2) is 9.18 Å². The molecule has 0 bridgehead atoms. The molecule has 6 heteroatoms. The number of hydrogen-bond donors (Lipinski definition) is 2. The van der Waals surface area contributed by atoms with Gasteiger partial charge in [0.2, 0.25) is 5.91 Å². The van der Waals surface area contributed by atoms with Gasteiger partial charge in [0.15, 0.2) is 0 Å². The number of rotatable bonds is 4. The molecule has 0 radical (unpaired) electrons. The van der Waals surface area contributed by atoms with Crippen LogP contribution in [0, 0.1) is 11.7 Å². The van der Waals surface area contributed by atoms with E-state index >= 15 is 0 Å². The molecule has 1 aliphatic rings. The second-order valence-corrected chi connectivity index (χ2v) is 8.55. The summed E-state index contributed by atoms with van der Waals surface area (Å²) in [6, 6.07) is 15.7. The zero-order valence-electron chi connectivity index (χ0n) is 17.1. The Bertz CT molecular complexity index is 847. The van der Waals surface area contributed by atoms with Crippen molar-refractivity contribution in [1.29, 1.82) is 0 Å². The van der Waals surface area contributed by atoms with Gasteiger partial charge in [0, 0.05) is 31.1 Å². The van der Waals surface area contributed by atoms with E-state index in [9.17, 15) is 14.0 Å². The Balaban J connectivity index is 1.73. The zero-order valence-corrected chi connectivity index (χ0v) is 17.1. The molecule has 0 unspecified atom stereocenters. The summed E-state index contributed by atoms with van der Waals surface area (Å²) in [5.74, 6) is -0.826. The second kappa shape index (κ2) is 8.64. The lowest BCUT2D eigenvalue weighted by Crippen LogP contribution is -2.48. The van der Waals surface area contributed by atoms with E-state index in [2.05, 4.69) is 10.6 Å². The molecule has 154 valence electrons. The van der Waals surface area contributed by atoms with Crippen molar-refractivity contribution in [2.75, 3.05) is 13.1 Å². The van der Waals surface area contributed by atoms with Crippen LogP contribution in [-0.4, -0.2) is 35.5 Å². The number of urea groups is 1. The minimum absolute atomic E-state index is 0.0739. The summed E-state index contributed by atoms with van der Waals surface area (Å²) in [4.78, 5) is 27.4. The molecule has 3 rings (SSSR count). The summed E-state index contributed by atoms with van der Waals surface area (Å²) in [6.45, 7) is 6.97. The van der Waals surface area contributed by atoms with Crippen LogP contribution in [0.15, 0.2) is 54.6 Å². The number of hydrogen-bond acceptors (Lipinski definition) is 2. The standard InChI is InChI=1S/C23H28FN3O2/c1-23(2,3)26-22(29)27-14-19(17-7-5-4-6-8-17)20(15-27)21(28)25-13-16-9-11-18(24)12-10-16/h4-12,19-20H,13-15H2,1-3H3,(H,25,28)(H,26,29)/t19-,20-/m0/s1. The SMILES string of the molecule is CC(C)(C)NC(=O)N1C[C@H](C(=O)NCc2ccc(F)cc2)[C@H](c2ccccc2)C1. The van der Waals surface area contributed by atoms with E-state index in [-0.39, 0.29) is 35.1 Å². The Morgan fingerprint density at radius 2 is 1.69 bits per heavy atom. The van der Waals surface area contributed by atoms with Crippen LogP contribution < -0.4 is 10.6 Å². The lowest BCUT2D eigenvalue weighted by atomic mass is 9.88. The van der Waals surface area contributed by atoms with Crippen LogP contribution in [-0.2, 0) is 11.3 Å². The third-order valence-electron chi connectivity index (χ3n) is 5.03. The highest BCUT2D eigenvalue weighted by atomic mass is 19.1. The summed E-state index contributed by atoms with van der Waals surface area (Å²) < 4.78 is 13.1. The Labute approximate surface area is 171 Å². The number of likely N-dealkylation sites (tertiary alicyclic amines) is 1. The largest absolute Gasteiger partial charge is 0.352 e. The molecule has 1 saturated heterocycles. The van der Waals surface area contributed by atoms with Gasteiger partial charge < -0.3 is 15.5 Å². The molecule has 2 aromatic rings. The lowest BCUT2D eigenvalue weighted by molar-refractivity contribution is -0.125. The first-order valence-electron chi connectivity index (χ1n) is 9.87. The van der Waals surface area contributed by atoms with Crippen molar-refractivity contribution in [3.8, 4) is 0 Å². The molecule has 0 aliphatic carbocycles. The monoisotopic (exact) mass is 397 g/mol. The van der Waals surface area contributed by atoms with E-state index < -0.39 is 0 Å². The van der Waals surface area contributed by atoms with Crippen molar-refractivity contribution < 1.29 is 14.0 Å². The zero-order chi connectivity index (χ0) is 21.0. The van der Waals surface area contributed by atoms with Crippen LogP contribution in [0.4, 0.5) is 9.18 Å². The average molecular weight is 397 g/mol. The van der Waals surface area contributed by atoms with Gasteiger partial charge in [0.1, 0.15) is 5.82 Å². The van der Waals surface area contributed by atoms with Gasteiger partial charge in [-0.15, -0.1) is 0 Å². The molecule has 5 nitrogen and oxygen atoms in total. The Morgan fingerprint density at radius 1 is 1.03 bits per heavy atom. The van der Waals surface area contributed by atoms with E-state index in [1.165, 1.54) is 12.1 Å². The number of carbonyl (C=O) groups excluding carboxylic acids is 2. The molecule has 0 saturated carbocycles. The van der Waals surface area contributed by atoms with Gasteiger partial charge in [-0.2, -0.15) is 0 Å². The third kappa shape index (κ3) is 5.56. The summed E-state index contributed by atoms with van der Waals surface area (Å²) in [5, 5.41) is 5.92. The Hall–Kier alpha value is -2.89. The summed E-state index contributed by atoms with van der Waals surface area (Å²) in [5.41, 5.74) is 1.53. The minimum atomic E-state index is -0.345. The molecule has 1 fully saturated rings. The molecular weight excluding hydrogens is 369 g/mol. The summed E-state index contributed by atoms with van der Waals surface area (Å²) in [6.07, 6.45) is 0. The van der Waals surface area contributed by atoms with Gasteiger partial charge in [0.25, 0.3) is 0 Å². The number of benzene rings is 2. The molecule has 2 atom stereocenters. The van der Waals surface area contributed by atoms with E-state index in [4.69, 9.17) is 0 Å². The van der Waals surface area contributed by atoms with Crippen LogP contribution in [0.2, 0.25) is 0 Å². The number of amides is 3. The highest BCUT2D eigenvalue weighted by Crippen LogP contribution is 2.33. The first-order chi connectivity index (χ1) is 13.7. The fraction of sp³-hybridized carbons (Fsp3) is 0.391. The molecule has 1 heterocycles. The lowest BCUT2D eigenvalue weighted by Gasteiger charge is -2.25. The predicted octanol–water partition coefficient (Wildman–Crippen LogP) is 3.67. The average Bonchev–Trinajstić information content (AvgIpc) is 3.12. The number of nitrogens with one attached hydrogen (secondary N) is 2. The van der Waals surface area contributed by atoms with Crippen LogP contribution in [0.5, 0.6) is 0 Å². The summed E-state index contributed by atoms with van der Waals surface area (Å²) in [7, 11) is 0. The first kappa shape index (κ1) is 20.8. The number of nitrogens with zero attached hydrogens (tertiary/aromatic N) is 1. The van der Waals surface area contributed by atoms with Crippen LogP contribution in [0.25, 0.3) is 0 Å². The minimum Gasteiger partial charge on any atom is -0.352 e. The van der Waals surface area contributed by atoms with Crippen molar-refractivity contribution in [1.82, 2.24) is 15.5 Å². The normalized spacial score (nSPS) is 19.1. The second-order valence-electron chi connectivity index (χ2n) is 8.55. The van der Waals surface area contributed by atoms with Crippen molar-refractivity contribution >= 4 is 11.9 Å². The van der Waals surface area contributed by atoms with Crippen LogP contribution in [0.1, 0.15) is 37.8 Å². The third-order valence-corrected chi connectivity index (χ3v) is 5.03. The van der Waals surface area contributed by atoms with Gasteiger partial charge in [0.05, 0.1) is 5.92 Å². The number of halogens is 1. The van der Waals surface area contributed by atoms with Crippen LogP contribution in [0.3, 0.4) is 0 Å². The molecule has 2 N–H and O–H groups in total. The maximum Gasteiger partial charge on any atom is 0.317 e. The van der Waals surface area contributed by atoms with E-state index in [1.807, 2.05) is 51.1 Å². The molecule has 1 aliphatic heterocycles. The fourth-order valence-corrected chi connectivity index (χ4v) is 3.60. The smallest absolute Gasteiger partial charge is 0.317 e. The Morgan fingerprint density at radius 3 is 2.31 bits per heavy atom. The van der Waals surface area contributed by atoms with Crippen molar-refractivity contribution in [2.45, 2.75) is 38.8 Å². The maximum absolute atomic E-state index is 13.1.